The highest BCUT2D eigenvalue weighted by Crippen LogP contribution is 2.34. The minimum Gasteiger partial charge on any atom is -0.382 e. The van der Waals surface area contributed by atoms with Gasteiger partial charge in [0.25, 0.3) is 0 Å². The van der Waals surface area contributed by atoms with E-state index in [1.54, 1.807) is 12.1 Å². The SMILES string of the molecule is Fc1ccccc1NCCc1cc2cc(Cl)ccc2n1C(c1ccccc1)c1ccccc1. The van der Waals surface area contributed by atoms with Crippen LogP contribution < -0.4 is 5.32 Å². The molecule has 0 fully saturated rings. The van der Waals surface area contributed by atoms with E-state index in [1.807, 2.05) is 30.3 Å². The summed E-state index contributed by atoms with van der Waals surface area (Å²) in [5.74, 6) is -0.240. The van der Waals surface area contributed by atoms with Gasteiger partial charge in [0.2, 0.25) is 0 Å². The molecule has 0 amide bonds. The summed E-state index contributed by atoms with van der Waals surface area (Å²) >= 11 is 6.33. The molecule has 1 N–H and O–H groups in total. The van der Waals surface area contributed by atoms with E-state index in [4.69, 9.17) is 11.6 Å². The average Bonchev–Trinajstić information content (AvgIpc) is 3.19. The van der Waals surface area contributed by atoms with Crippen molar-refractivity contribution >= 4 is 28.2 Å². The van der Waals surface area contributed by atoms with Gasteiger partial charge in [-0.3, -0.25) is 0 Å². The van der Waals surface area contributed by atoms with Gasteiger partial charge in [0, 0.05) is 34.6 Å². The number of halogens is 2. The summed E-state index contributed by atoms with van der Waals surface area (Å²) in [5, 5.41) is 5.06. The van der Waals surface area contributed by atoms with Crippen LogP contribution in [0.15, 0.2) is 109 Å². The number of aromatic nitrogens is 1. The second-order valence-corrected chi connectivity index (χ2v) is 8.53. The van der Waals surface area contributed by atoms with E-state index >= 15 is 0 Å². The quantitative estimate of drug-likeness (QED) is 0.266. The van der Waals surface area contributed by atoms with E-state index in [-0.39, 0.29) is 11.9 Å². The van der Waals surface area contributed by atoms with Crippen molar-refractivity contribution in [2.24, 2.45) is 0 Å². The lowest BCUT2D eigenvalue weighted by molar-refractivity contribution is 0.629. The van der Waals surface area contributed by atoms with Gasteiger partial charge in [0.05, 0.1) is 11.7 Å². The van der Waals surface area contributed by atoms with Gasteiger partial charge in [-0.05, 0) is 47.5 Å². The first-order valence-electron chi connectivity index (χ1n) is 11.1. The van der Waals surface area contributed by atoms with E-state index < -0.39 is 0 Å². The van der Waals surface area contributed by atoms with Gasteiger partial charge in [-0.2, -0.15) is 0 Å². The molecule has 0 atom stereocenters. The van der Waals surface area contributed by atoms with Crippen LogP contribution in [0.4, 0.5) is 10.1 Å². The summed E-state index contributed by atoms with van der Waals surface area (Å²) in [6.45, 7) is 0.612. The largest absolute Gasteiger partial charge is 0.382 e. The van der Waals surface area contributed by atoms with Gasteiger partial charge in [0.1, 0.15) is 5.82 Å². The Bertz CT molecular complexity index is 1320. The number of nitrogens with one attached hydrogen (secondary N) is 1. The predicted molar refractivity (Wildman–Crippen MR) is 136 cm³/mol. The van der Waals surface area contributed by atoms with Gasteiger partial charge < -0.3 is 9.88 Å². The highest BCUT2D eigenvalue weighted by Gasteiger charge is 2.21. The summed E-state index contributed by atoms with van der Waals surface area (Å²) in [4.78, 5) is 0. The zero-order valence-electron chi connectivity index (χ0n) is 18.1. The first-order chi connectivity index (χ1) is 16.2. The molecule has 0 aliphatic carbocycles. The molecule has 4 aromatic carbocycles. The molecule has 0 radical (unpaired) electrons. The third kappa shape index (κ3) is 4.50. The number of hydrogen-bond donors (Lipinski definition) is 1. The number of nitrogens with zero attached hydrogens (tertiary/aromatic N) is 1. The van der Waals surface area contributed by atoms with Crippen LogP contribution in [-0.2, 0) is 6.42 Å². The number of benzene rings is 4. The lowest BCUT2D eigenvalue weighted by Crippen LogP contribution is -2.17. The molecule has 1 heterocycles. The number of rotatable bonds is 7. The molecule has 33 heavy (non-hydrogen) atoms. The monoisotopic (exact) mass is 454 g/mol. The molecule has 0 saturated heterocycles. The molecule has 0 unspecified atom stereocenters. The highest BCUT2D eigenvalue weighted by molar-refractivity contribution is 6.31. The van der Waals surface area contributed by atoms with Crippen LogP contribution in [0.5, 0.6) is 0 Å². The Labute approximate surface area is 198 Å². The van der Waals surface area contributed by atoms with Crippen molar-refractivity contribution in [1.82, 2.24) is 4.57 Å². The molecule has 5 rings (SSSR count). The summed E-state index contributed by atoms with van der Waals surface area (Å²) in [6.07, 6.45) is 0.733. The maximum atomic E-state index is 14.1. The lowest BCUT2D eigenvalue weighted by atomic mass is 9.98. The minimum atomic E-state index is -0.240. The van der Waals surface area contributed by atoms with E-state index in [9.17, 15) is 4.39 Å². The summed E-state index contributed by atoms with van der Waals surface area (Å²) in [7, 11) is 0. The molecular formula is C29H24ClFN2. The molecule has 5 aromatic rings. The molecule has 0 saturated carbocycles. The Hall–Kier alpha value is -3.56. The van der Waals surface area contributed by atoms with E-state index in [2.05, 4.69) is 70.5 Å². The van der Waals surface area contributed by atoms with Crippen LogP contribution in [0.1, 0.15) is 22.9 Å². The first kappa shape index (κ1) is 21.3. The van der Waals surface area contributed by atoms with Crippen molar-refractivity contribution in [3.8, 4) is 0 Å². The zero-order valence-corrected chi connectivity index (χ0v) is 18.8. The second-order valence-electron chi connectivity index (χ2n) is 8.09. The van der Waals surface area contributed by atoms with E-state index in [0.29, 0.717) is 17.3 Å². The van der Waals surface area contributed by atoms with Crippen LogP contribution in [0.3, 0.4) is 0 Å². The van der Waals surface area contributed by atoms with Crippen molar-refractivity contribution < 1.29 is 4.39 Å². The normalized spacial score (nSPS) is 11.2. The van der Waals surface area contributed by atoms with Gasteiger partial charge in [0.15, 0.2) is 0 Å². The Kier molecular flexibility index (Phi) is 6.14. The molecule has 2 nitrogen and oxygen atoms in total. The standard InChI is InChI=1S/C29H24ClFN2/c30-24-15-16-28-23(19-24)20-25(17-18-32-27-14-8-7-13-26(27)31)33(28)29(21-9-3-1-4-10-21)22-11-5-2-6-12-22/h1-16,19-20,29,32H,17-18H2. The molecule has 0 aliphatic heterocycles. The fourth-order valence-corrected chi connectivity index (χ4v) is 4.63. The fraction of sp³-hybridized carbons (Fsp3) is 0.103. The van der Waals surface area contributed by atoms with Crippen LogP contribution in [0.25, 0.3) is 10.9 Å². The third-order valence-electron chi connectivity index (χ3n) is 5.94. The van der Waals surface area contributed by atoms with Gasteiger partial charge in [-0.1, -0.05) is 84.4 Å². The number of fused-ring (bicyclic) bond motifs is 1. The zero-order chi connectivity index (χ0) is 22.6. The van der Waals surface area contributed by atoms with Crippen molar-refractivity contribution in [2.75, 3.05) is 11.9 Å². The summed E-state index contributed by atoms with van der Waals surface area (Å²) < 4.78 is 16.5. The Morgan fingerprint density at radius 2 is 1.39 bits per heavy atom. The maximum absolute atomic E-state index is 14.1. The van der Waals surface area contributed by atoms with E-state index in [1.165, 1.54) is 17.2 Å². The van der Waals surface area contributed by atoms with Crippen molar-refractivity contribution in [1.29, 1.82) is 0 Å². The van der Waals surface area contributed by atoms with Crippen LogP contribution in [0, 0.1) is 5.82 Å². The Morgan fingerprint density at radius 3 is 2.06 bits per heavy atom. The lowest BCUT2D eigenvalue weighted by Gasteiger charge is -2.24. The number of anilines is 1. The summed E-state index contributed by atoms with van der Waals surface area (Å²) in [6, 6.07) is 36.1. The topological polar surface area (TPSA) is 17.0 Å². The highest BCUT2D eigenvalue weighted by atomic mass is 35.5. The van der Waals surface area contributed by atoms with Gasteiger partial charge in [-0.15, -0.1) is 0 Å². The van der Waals surface area contributed by atoms with Crippen LogP contribution in [-0.4, -0.2) is 11.1 Å². The molecule has 1 aromatic heterocycles. The van der Waals surface area contributed by atoms with Gasteiger partial charge in [-0.25, -0.2) is 4.39 Å². The summed E-state index contributed by atoms with van der Waals surface area (Å²) in [5.41, 5.74) is 5.22. The first-order valence-corrected chi connectivity index (χ1v) is 11.5. The third-order valence-corrected chi connectivity index (χ3v) is 6.18. The molecule has 0 bridgehead atoms. The molecule has 164 valence electrons. The Balaban J connectivity index is 1.59. The average molecular weight is 455 g/mol. The number of para-hydroxylation sites is 1. The van der Waals surface area contributed by atoms with Gasteiger partial charge >= 0.3 is 0 Å². The number of hydrogen-bond acceptors (Lipinski definition) is 1. The molecular weight excluding hydrogens is 431 g/mol. The molecule has 0 aliphatic rings. The predicted octanol–water partition coefficient (Wildman–Crippen LogP) is 7.73. The second kappa shape index (κ2) is 9.51. The smallest absolute Gasteiger partial charge is 0.146 e. The molecule has 0 spiro atoms. The van der Waals surface area contributed by atoms with Crippen molar-refractivity contribution in [2.45, 2.75) is 12.5 Å². The van der Waals surface area contributed by atoms with Crippen LogP contribution in [0.2, 0.25) is 5.02 Å². The van der Waals surface area contributed by atoms with E-state index in [0.717, 1.165) is 23.0 Å². The Morgan fingerprint density at radius 1 is 0.758 bits per heavy atom. The van der Waals surface area contributed by atoms with Crippen molar-refractivity contribution in [3.63, 3.8) is 0 Å². The van der Waals surface area contributed by atoms with Crippen LogP contribution >= 0.6 is 11.6 Å². The fourth-order valence-electron chi connectivity index (χ4n) is 4.45. The maximum Gasteiger partial charge on any atom is 0.146 e. The molecule has 4 heteroatoms. The van der Waals surface area contributed by atoms with Crippen molar-refractivity contribution in [3.05, 3.63) is 137 Å². The minimum absolute atomic E-state index is 0.00883.